The van der Waals surface area contributed by atoms with Crippen LogP contribution < -0.4 is 14.8 Å². The van der Waals surface area contributed by atoms with Crippen LogP contribution in [0, 0.1) is 0 Å². The molecule has 22 heavy (non-hydrogen) atoms. The monoisotopic (exact) mass is 318 g/mol. The van der Waals surface area contributed by atoms with Gasteiger partial charge in [0.25, 0.3) is 0 Å². The molecule has 0 aliphatic rings. The van der Waals surface area contributed by atoms with Crippen molar-refractivity contribution in [2.45, 2.75) is 0 Å². The number of rotatable bonds is 4. The summed E-state index contributed by atoms with van der Waals surface area (Å²) in [6.45, 7) is 0. The molecule has 0 saturated carbocycles. The number of halogens is 1. The van der Waals surface area contributed by atoms with Gasteiger partial charge < -0.3 is 19.4 Å². The van der Waals surface area contributed by atoms with E-state index < -0.39 is 0 Å². The minimum absolute atomic E-state index is 0.484. The largest absolute Gasteiger partial charge is 0.495 e. The van der Waals surface area contributed by atoms with E-state index in [-0.39, 0.29) is 0 Å². The second kappa shape index (κ2) is 5.73. The van der Waals surface area contributed by atoms with E-state index in [9.17, 15) is 0 Å². The van der Waals surface area contributed by atoms with Gasteiger partial charge in [0.1, 0.15) is 29.3 Å². The van der Waals surface area contributed by atoms with Crippen LogP contribution in [0.25, 0.3) is 11.0 Å². The summed E-state index contributed by atoms with van der Waals surface area (Å²) in [6.07, 6.45) is 3.45. The van der Waals surface area contributed by atoms with Crippen molar-refractivity contribution in [2.24, 2.45) is 7.05 Å². The Morgan fingerprint density at radius 1 is 1.14 bits per heavy atom. The number of anilines is 2. The fourth-order valence-corrected chi connectivity index (χ4v) is 2.49. The van der Waals surface area contributed by atoms with Crippen LogP contribution >= 0.6 is 11.6 Å². The number of methoxy groups -OCH3 is 2. The molecule has 2 heterocycles. The zero-order valence-corrected chi connectivity index (χ0v) is 13.2. The molecule has 0 unspecified atom stereocenters. The third-order valence-corrected chi connectivity index (χ3v) is 3.68. The Morgan fingerprint density at radius 2 is 1.91 bits per heavy atom. The topological polar surface area (TPSA) is 61.2 Å². The molecule has 2 aromatic heterocycles. The van der Waals surface area contributed by atoms with Gasteiger partial charge in [0, 0.05) is 25.4 Å². The van der Waals surface area contributed by atoms with E-state index in [1.54, 1.807) is 26.4 Å². The molecule has 0 radical (unpaired) electrons. The quantitative estimate of drug-likeness (QED) is 0.799. The van der Waals surface area contributed by atoms with Crippen molar-refractivity contribution in [3.63, 3.8) is 0 Å². The Balaban J connectivity index is 2.08. The van der Waals surface area contributed by atoms with Crippen molar-refractivity contribution in [3.05, 3.63) is 35.7 Å². The molecule has 3 aromatic rings. The third kappa shape index (κ3) is 2.42. The maximum absolute atomic E-state index is 6.12. The van der Waals surface area contributed by atoms with Crippen molar-refractivity contribution in [3.8, 4) is 11.5 Å². The fourth-order valence-electron chi connectivity index (χ4n) is 2.26. The molecular formula is C15H15ClN4O2. The maximum atomic E-state index is 6.12. The molecular weight excluding hydrogens is 304 g/mol. The lowest BCUT2D eigenvalue weighted by Crippen LogP contribution is -1.99. The van der Waals surface area contributed by atoms with Crippen LogP contribution in [0.15, 0.2) is 30.7 Å². The predicted octanol–water partition coefficient (Wildman–Crippen LogP) is 3.38. The summed E-state index contributed by atoms with van der Waals surface area (Å²) >= 11 is 6.12. The smallest absolute Gasteiger partial charge is 0.145 e. The molecule has 0 aliphatic carbocycles. The molecule has 6 nitrogen and oxygen atoms in total. The average molecular weight is 319 g/mol. The van der Waals surface area contributed by atoms with E-state index in [1.807, 2.05) is 23.9 Å². The zero-order chi connectivity index (χ0) is 15.7. The summed E-state index contributed by atoms with van der Waals surface area (Å²) in [6, 6.07) is 5.43. The van der Waals surface area contributed by atoms with E-state index in [2.05, 4.69) is 15.3 Å². The molecule has 0 atom stereocenters. The van der Waals surface area contributed by atoms with Gasteiger partial charge in [-0.05, 0) is 6.07 Å². The first-order valence-electron chi connectivity index (χ1n) is 6.58. The molecule has 3 rings (SSSR count). The molecule has 114 valence electrons. The number of benzene rings is 1. The lowest BCUT2D eigenvalue weighted by atomic mass is 10.2. The zero-order valence-electron chi connectivity index (χ0n) is 12.4. The molecule has 0 bridgehead atoms. The van der Waals surface area contributed by atoms with Crippen molar-refractivity contribution in [1.29, 1.82) is 0 Å². The Labute approximate surface area is 132 Å². The maximum Gasteiger partial charge on any atom is 0.145 e. The van der Waals surface area contributed by atoms with E-state index in [0.29, 0.717) is 28.0 Å². The van der Waals surface area contributed by atoms with Gasteiger partial charge in [0.2, 0.25) is 0 Å². The minimum atomic E-state index is 0.484. The van der Waals surface area contributed by atoms with Gasteiger partial charge in [-0.2, -0.15) is 0 Å². The third-order valence-electron chi connectivity index (χ3n) is 3.39. The van der Waals surface area contributed by atoms with Gasteiger partial charge in [-0.15, -0.1) is 0 Å². The first kappa shape index (κ1) is 14.5. The summed E-state index contributed by atoms with van der Waals surface area (Å²) in [5.41, 5.74) is 1.56. The number of nitrogens with zero attached hydrogens (tertiary/aromatic N) is 3. The lowest BCUT2D eigenvalue weighted by Gasteiger charge is -2.14. The van der Waals surface area contributed by atoms with Gasteiger partial charge in [0.05, 0.1) is 30.3 Å². The predicted molar refractivity (Wildman–Crippen MR) is 86.3 cm³/mol. The Bertz CT molecular complexity index is 832. The van der Waals surface area contributed by atoms with Crippen LogP contribution in [0.3, 0.4) is 0 Å². The highest BCUT2D eigenvalue weighted by Crippen LogP contribution is 2.37. The number of hydrogen-bond acceptors (Lipinski definition) is 5. The van der Waals surface area contributed by atoms with Gasteiger partial charge >= 0.3 is 0 Å². The van der Waals surface area contributed by atoms with Gasteiger partial charge in [-0.3, -0.25) is 0 Å². The summed E-state index contributed by atoms with van der Waals surface area (Å²) in [7, 11) is 5.09. The number of aromatic nitrogens is 3. The standard InChI is InChI=1S/C15H15ClN4O2/c1-20-5-4-9-14(17-8-18-15(9)20)19-11-7-12(21-2)10(16)6-13(11)22-3/h4-8H,1-3H3,(H,17,18,19). The molecule has 0 fully saturated rings. The average Bonchev–Trinajstić information content (AvgIpc) is 2.91. The number of ether oxygens (including phenoxy) is 2. The summed E-state index contributed by atoms with van der Waals surface area (Å²) in [5.74, 6) is 1.85. The molecule has 1 aromatic carbocycles. The van der Waals surface area contributed by atoms with Crippen molar-refractivity contribution < 1.29 is 9.47 Å². The normalized spacial score (nSPS) is 10.7. The van der Waals surface area contributed by atoms with Crippen molar-refractivity contribution >= 4 is 34.1 Å². The highest BCUT2D eigenvalue weighted by Gasteiger charge is 2.13. The first-order chi connectivity index (χ1) is 10.6. The summed E-state index contributed by atoms with van der Waals surface area (Å²) in [5, 5.41) is 4.65. The van der Waals surface area contributed by atoms with Crippen molar-refractivity contribution in [1.82, 2.24) is 14.5 Å². The number of aryl methyl sites for hydroxylation is 1. The van der Waals surface area contributed by atoms with E-state index in [1.165, 1.54) is 6.33 Å². The van der Waals surface area contributed by atoms with Gasteiger partial charge in [-0.25, -0.2) is 9.97 Å². The second-order valence-electron chi connectivity index (χ2n) is 4.70. The molecule has 7 heteroatoms. The molecule has 0 amide bonds. The molecule has 0 aliphatic heterocycles. The Morgan fingerprint density at radius 3 is 2.64 bits per heavy atom. The molecule has 0 saturated heterocycles. The van der Waals surface area contributed by atoms with E-state index in [0.717, 1.165) is 11.0 Å². The lowest BCUT2D eigenvalue weighted by molar-refractivity contribution is 0.405. The number of hydrogen-bond donors (Lipinski definition) is 1. The Kier molecular flexibility index (Phi) is 3.77. The van der Waals surface area contributed by atoms with Crippen LogP contribution in [0.1, 0.15) is 0 Å². The van der Waals surface area contributed by atoms with Crippen LogP contribution in [-0.4, -0.2) is 28.8 Å². The van der Waals surface area contributed by atoms with Crippen LogP contribution in [0.5, 0.6) is 11.5 Å². The molecule has 1 N–H and O–H groups in total. The van der Waals surface area contributed by atoms with Gasteiger partial charge in [0.15, 0.2) is 0 Å². The molecule has 0 spiro atoms. The fraction of sp³-hybridized carbons (Fsp3) is 0.200. The highest BCUT2D eigenvalue weighted by atomic mass is 35.5. The van der Waals surface area contributed by atoms with E-state index in [4.69, 9.17) is 21.1 Å². The van der Waals surface area contributed by atoms with Crippen LogP contribution in [0.2, 0.25) is 5.02 Å². The number of nitrogens with one attached hydrogen (secondary N) is 1. The van der Waals surface area contributed by atoms with Crippen LogP contribution in [0.4, 0.5) is 11.5 Å². The summed E-state index contributed by atoms with van der Waals surface area (Å²) < 4.78 is 12.5. The van der Waals surface area contributed by atoms with E-state index >= 15 is 0 Å². The Hall–Kier alpha value is -2.47. The van der Waals surface area contributed by atoms with Gasteiger partial charge in [-0.1, -0.05) is 11.6 Å². The summed E-state index contributed by atoms with van der Waals surface area (Å²) in [4.78, 5) is 8.57. The highest BCUT2D eigenvalue weighted by molar-refractivity contribution is 6.32. The van der Waals surface area contributed by atoms with Crippen molar-refractivity contribution in [2.75, 3.05) is 19.5 Å². The van der Waals surface area contributed by atoms with Crippen LogP contribution in [-0.2, 0) is 7.05 Å². The minimum Gasteiger partial charge on any atom is -0.495 e. The second-order valence-corrected chi connectivity index (χ2v) is 5.11. The first-order valence-corrected chi connectivity index (χ1v) is 6.96. The SMILES string of the molecule is COc1cc(Nc2ncnc3c2ccn3C)c(OC)cc1Cl. The number of fused-ring (bicyclic) bond motifs is 1.